The van der Waals surface area contributed by atoms with Crippen LogP contribution in [0.2, 0.25) is 0 Å². The third-order valence-corrected chi connectivity index (χ3v) is 6.57. The Bertz CT molecular complexity index is 712. The lowest BCUT2D eigenvalue weighted by molar-refractivity contribution is 0.447. The van der Waals surface area contributed by atoms with Gasteiger partial charge in [0.25, 0.3) is 0 Å². The van der Waals surface area contributed by atoms with Crippen LogP contribution in [0.4, 0.5) is 0 Å². The second-order valence-electron chi connectivity index (χ2n) is 8.49. The maximum absolute atomic E-state index is 2.43. The first kappa shape index (κ1) is 20.2. The number of hydrogen-bond donors (Lipinski definition) is 0. The first-order chi connectivity index (χ1) is 13.3. The van der Waals surface area contributed by atoms with Gasteiger partial charge in [-0.1, -0.05) is 115 Å². The van der Waals surface area contributed by atoms with Crippen molar-refractivity contribution in [3.05, 3.63) is 59.2 Å². The highest BCUT2D eigenvalue weighted by molar-refractivity contribution is 5.80. The van der Waals surface area contributed by atoms with Gasteiger partial charge < -0.3 is 0 Å². The van der Waals surface area contributed by atoms with Gasteiger partial charge >= 0.3 is 0 Å². The van der Waals surface area contributed by atoms with E-state index in [1.165, 1.54) is 75.3 Å². The summed E-state index contributed by atoms with van der Waals surface area (Å²) >= 11 is 0. The Morgan fingerprint density at radius 2 is 1.56 bits per heavy atom. The molecule has 0 heteroatoms. The Balaban J connectivity index is 1.89. The molecule has 0 aliphatic heterocycles. The third-order valence-electron chi connectivity index (χ3n) is 6.57. The van der Waals surface area contributed by atoms with Gasteiger partial charge in [-0.25, -0.2) is 0 Å². The van der Waals surface area contributed by atoms with Gasteiger partial charge in [-0.05, 0) is 46.6 Å². The molecule has 0 heterocycles. The minimum Gasteiger partial charge on any atom is -0.0654 e. The lowest BCUT2D eigenvalue weighted by Crippen LogP contribution is -2.08. The summed E-state index contributed by atoms with van der Waals surface area (Å²) in [6.07, 6.45) is 13.4. The molecule has 0 bridgehead atoms. The fraction of sp³-hybridized carbons (Fsp3) is 0.556. The lowest BCUT2D eigenvalue weighted by atomic mass is 9.84. The first-order valence-electron chi connectivity index (χ1n) is 11.5. The van der Waals surface area contributed by atoms with Gasteiger partial charge in [-0.2, -0.15) is 0 Å². The molecule has 146 valence electrons. The number of benzene rings is 2. The van der Waals surface area contributed by atoms with Crippen molar-refractivity contribution in [1.82, 2.24) is 0 Å². The van der Waals surface area contributed by atoms with E-state index < -0.39 is 0 Å². The van der Waals surface area contributed by atoms with Crippen LogP contribution in [0.1, 0.15) is 101 Å². The Morgan fingerprint density at radius 3 is 2.33 bits per heavy atom. The Morgan fingerprint density at radius 1 is 0.778 bits per heavy atom. The molecule has 2 aromatic rings. The predicted molar refractivity (Wildman–Crippen MR) is 119 cm³/mol. The molecule has 0 amide bonds. The van der Waals surface area contributed by atoms with Gasteiger partial charge in [0, 0.05) is 5.92 Å². The van der Waals surface area contributed by atoms with Gasteiger partial charge in [-0.15, -0.1) is 0 Å². The van der Waals surface area contributed by atoms with E-state index in [2.05, 4.69) is 63.2 Å². The Labute approximate surface area is 167 Å². The van der Waals surface area contributed by atoms with Crippen LogP contribution in [0.5, 0.6) is 0 Å². The molecule has 3 rings (SSSR count). The van der Waals surface area contributed by atoms with Crippen molar-refractivity contribution in [3.63, 3.8) is 0 Å². The molecule has 0 fully saturated rings. The Hall–Kier alpha value is -1.56. The molecule has 0 spiro atoms. The summed E-state index contributed by atoms with van der Waals surface area (Å²) in [4.78, 5) is 0. The van der Waals surface area contributed by atoms with E-state index in [0.717, 1.165) is 5.92 Å². The van der Waals surface area contributed by atoms with Crippen LogP contribution in [0.25, 0.3) is 11.1 Å². The fourth-order valence-electron chi connectivity index (χ4n) is 4.97. The molecular weight excluding hydrogens is 324 g/mol. The highest BCUT2D eigenvalue weighted by Crippen LogP contribution is 2.48. The minimum absolute atomic E-state index is 0.618. The second-order valence-corrected chi connectivity index (χ2v) is 8.49. The summed E-state index contributed by atoms with van der Waals surface area (Å²) in [5.74, 6) is 1.45. The van der Waals surface area contributed by atoms with E-state index in [4.69, 9.17) is 0 Å². The third kappa shape index (κ3) is 4.65. The van der Waals surface area contributed by atoms with E-state index in [0.29, 0.717) is 5.92 Å². The summed E-state index contributed by atoms with van der Waals surface area (Å²) in [6.45, 7) is 7.00. The van der Waals surface area contributed by atoms with Crippen molar-refractivity contribution in [2.45, 2.75) is 90.9 Å². The summed E-state index contributed by atoms with van der Waals surface area (Å²) in [7, 11) is 0. The molecule has 2 aromatic carbocycles. The fourth-order valence-corrected chi connectivity index (χ4v) is 4.97. The van der Waals surface area contributed by atoms with Gasteiger partial charge in [0.1, 0.15) is 0 Å². The molecule has 0 nitrogen and oxygen atoms in total. The van der Waals surface area contributed by atoms with E-state index in [9.17, 15) is 0 Å². The molecule has 1 aliphatic rings. The molecule has 2 unspecified atom stereocenters. The molecule has 0 saturated carbocycles. The standard InChI is InChI=1S/C27H38/c1-4-7-9-10-18-25-23-16-11-12-17-24(23)26-19-13-15-22(27(25)26)20-21(6-3)14-8-5-2/h11-13,15-17,19,21,25H,4-10,14,18,20H2,1-3H3. The monoisotopic (exact) mass is 362 g/mol. The van der Waals surface area contributed by atoms with Crippen molar-refractivity contribution < 1.29 is 0 Å². The van der Waals surface area contributed by atoms with E-state index in [1.807, 2.05) is 0 Å². The maximum Gasteiger partial charge on any atom is 0.0104 e. The number of fused-ring (bicyclic) bond motifs is 3. The van der Waals surface area contributed by atoms with Gasteiger partial charge in [-0.3, -0.25) is 0 Å². The first-order valence-corrected chi connectivity index (χ1v) is 11.5. The molecule has 27 heavy (non-hydrogen) atoms. The number of unbranched alkanes of at least 4 members (excludes halogenated alkanes) is 4. The lowest BCUT2D eigenvalue weighted by Gasteiger charge is -2.21. The van der Waals surface area contributed by atoms with Crippen molar-refractivity contribution in [2.24, 2.45) is 5.92 Å². The molecule has 0 aromatic heterocycles. The summed E-state index contributed by atoms with van der Waals surface area (Å²) in [5, 5.41) is 0. The SMILES string of the molecule is CCCCCCC1c2ccccc2-c2cccc(CC(CC)CCCC)c21. The molecule has 1 aliphatic carbocycles. The number of rotatable bonds is 11. The van der Waals surface area contributed by atoms with E-state index >= 15 is 0 Å². The second kappa shape index (κ2) is 10.1. The van der Waals surface area contributed by atoms with Crippen molar-refractivity contribution >= 4 is 0 Å². The normalized spacial score (nSPS) is 16.2. The van der Waals surface area contributed by atoms with E-state index in [-0.39, 0.29) is 0 Å². The molecule has 0 radical (unpaired) electrons. The van der Waals surface area contributed by atoms with Gasteiger partial charge in [0.15, 0.2) is 0 Å². The van der Waals surface area contributed by atoms with E-state index in [1.54, 1.807) is 16.7 Å². The molecular formula is C27H38. The van der Waals surface area contributed by atoms with Crippen LogP contribution >= 0.6 is 0 Å². The number of hydrogen-bond acceptors (Lipinski definition) is 0. The maximum atomic E-state index is 2.43. The average Bonchev–Trinajstić information content (AvgIpc) is 3.03. The summed E-state index contributed by atoms with van der Waals surface area (Å²) in [6, 6.07) is 16.3. The smallest absolute Gasteiger partial charge is 0.0104 e. The van der Waals surface area contributed by atoms with Crippen molar-refractivity contribution in [3.8, 4) is 11.1 Å². The van der Waals surface area contributed by atoms with Crippen LogP contribution < -0.4 is 0 Å². The predicted octanol–water partition coefficient (Wildman–Crippen LogP) is 8.53. The van der Waals surface area contributed by atoms with Gasteiger partial charge in [0.05, 0.1) is 0 Å². The topological polar surface area (TPSA) is 0 Å². The molecule has 0 N–H and O–H groups in total. The largest absolute Gasteiger partial charge is 0.0654 e. The van der Waals surface area contributed by atoms with Crippen LogP contribution in [0.3, 0.4) is 0 Å². The summed E-state index contributed by atoms with van der Waals surface area (Å²) < 4.78 is 0. The van der Waals surface area contributed by atoms with Crippen LogP contribution in [0.15, 0.2) is 42.5 Å². The zero-order valence-corrected chi connectivity index (χ0v) is 17.8. The van der Waals surface area contributed by atoms with Crippen molar-refractivity contribution in [2.75, 3.05) is 0 Å². The van der Waals surface area contributed by atoms with Crippen molar-refractivity contribution in [1.29, 1.82) is 0 Å². The zero-order valence-electron chi connectivity index (χ0n) is 17.8. The highest BCUT2D eigenvalue weighted by atomic mass is 14.3. The van der Waals surface area contributed by atoms with Crippen LogP contribution in [-0.4, -0.2) is 0 Å². The molecule has 0 saturated heterocycles. The zero-order chi connectivity index (χ0) is 19.1. The minimum atomic E-state index is 0.618. The molecule has 2 atom stereocenters. The summed E-state index contributed by atoms with van der Waals surface area (Å²) in [5.41, 5.74) is 7.90. The average molecular weight is 363 g/mol. The highest BCUT2D eigenvalue weighted by Gasteiger charge is 2.30. The van der Waals surface area contributed by atoms with Crippen LogP contribution in [-0.2, 0) is 6.42 Å². The quantitative estimate of drug-likeness (QED) is 0.351. The van der Waals surface area contributed by atoms with Gasteiger partial charge in [0.2, 0.25) is 0 Å². The van der Waals surface area contributed by atoms with Crippen LogP contribution in [0, 0.1) is 5.92 Å². The Kier molecular flexibility index (Phi) is 7.56.